The fraction of sp³-hybridized carbons (Fsp3) is 0.538. The molecule has 4 nitrogen and oxygen atoms in total. The monoisotopic (exact) mass is 414 g/mol. The molecule has 1 aliphatic carbocycles. The molecular weight excluding hydrogens is 376 g/mol. The molecule has 1 aliphatic rings. The lowest BCUT2D eigenvalue weighted by Gasteiger charge is -2.36. The first-order chi connectivity index (χ1) is 13.8. The van der Waals surface area contributed by atoms with Crippen molar-refractivity contribution in [2.45, 2.75) is 81.1 Å². The van der Waals surface area contributed by atoms with Gasteiger partial charge in [0.25, 0.3) is 0 Å². The van der Waals surface area contributed by atoms with E-state index in [1.165, 1.54) is 0 Å². The number of carbonyl (C=O) groups excluding carboxylic acids is 2. The second-order valence-electron chi connectivity index (χ2n) is 9.44. The third-order valence-electron chi connectivity index (χ3n) is 5.23. The molecule has 2 N–H and O–H groups in total. The van der Waals surface area contributed by atoms with Gasteiger partial charge < -0.3 is 10.2 Å². The molecule has 0 atom stereocenters. The fourth-order valence-electron chi connectivity index (χ4n) is 3.46. The molecule has 0 aromatic heterocycles. The molecule has 0 unspecified atom stereocenters. The molecule has 0 bridgehead atoms. The van der Waals surface area contributed by atoms with Gasteiger partial charge in [-0.15, -0.1) is 0 Å². The van der Waals surface area contributed by atoms with E-state index in [0.29, 0.717) is 0 Å². The zero-order valence-corrected chi connectivity index (χ0v) is 19.8. The minimum atomic E-state index is -1.28. The van der Waals surface area contributed by atoms with Crippen molar-refractivity contribution in [3.63, 3.8) is 0 Å². The Morgan fingerprint density at radius 3 is 1.77 bits per heavy atom. The highest BCUT2D eigenvalue weighted by atomic mass is 16.3. The van der Waals surface area contributed by atoms with Gasteiger partial charge in [-0.05, 0) is 66.7 Å². The van der Waals surface area contributed by atoms with Crippen LogP contribution in [0.4, 0.5) is 0 Å². The molecule has 0 saturated heterocycles. The van der Waals surface area contributed by atoms with Crippen LogP contribution in [0.15, 0.2) is 57.6 Å². The Morgan fingerprint density at radius 1 is 0.900 bits per heavy atom. The second-order valence-corrected chi connectivity index (χ2v) is 9.44. The Kier molecular flexibility index (Phi) is 9.08. The van der Waals surface area contributed by atoms with Crippen molar-refractivity contribution in [1.29, 1.82) is 0 Å². The quantitative estimate of drug-likeness (QED) is 0.319. The molecule has 0 aromatic carbocycles. The molecule has 1 rings (SSSR count). The van der Waals surface area contributed by atoms with Crippen LogP contribution in [-0.2, 0) is 9.59 Å². The Balaban J connectivity index is 3.82. The molecule has 0 heterocycles. The molecule has 4 heteroatoms. The number of hydrogen-bond donors (Lipinski definition) is 2. The standard InChI is InChI=1S/C26H38O4/c1-16(2)9-10-20-23(28)22(21(27)15-19(7)8)25(30)26(24(20)29,13-11-17(3)4)14-12-18(5)6/h9,11-12,19,28-29H,10,13-15H2,1-8H3. The largest absolute Gasteiger partial charge is 0.511 e. The van der Waals surface area contributed by atoms with Crippen LogP contribution in [0.1, 0.15) is 81.1 Å². The third kappa shape index (κ3) is 6.07. The van der Waals surface area contributed by atoms with Crippen LogP contribution in [0.2, 0.25) is 0 Å². The van der Waals surface area contributed by atoms with Crippen molar-refractivity contribution < 1.29 is 19.8 Å². The van der Waals surface area contributed by atoms with E-state index < -0.39 is 11.2 Å². The van der Waals surface area contributed by atoms with Gasteiger partial charge in [-0.2, -0.15) is 0 Å². The van der Waals surface area contributed by atoms with Gasteiger partial charge in [0.2, 0.25) is 0 Å². The number of carbonyl (C=O) groups is 2. The third-order valence-corrected chi connectivity index (χ3v) is 5.23. The van der Waals surface area contributed by atoms with E-state index in [1.54, 1.807) is 0 Å². The van der Waals surface area contributed by atoms with Gasteiger partial charge in [0.05, 0.1) is 5.41 Å². The summed E-state index contributed by atoms with van der Waals surface area (Å²) in [6.45, 7) is 15.4. The molecule has 0 aromatic rings. The van der Waals surface area contributed by atoms with Gasteiger partial charge in [0, 0.05) is 12.0 Å². The predicted molar refractivity (Wildman–Crippen MR) is 123 cm³/mol. The number of Topliss-reactive ketones (excluding diaryl/α,β-unsaturated/α-hetero) is 2. The van der Waals surface area contributed by atoms with Crippen LogP contribution in [0, 0.1) is 11.3 Å². The summed E-state index contributed by atoms with van der Waals surface area (Å²) >= 11 is 0. The van der Waals surface area contributed by atoms with E-state index >= 15 is 0 Å². The summed E-state index contributed by atoms with van der Waals surface area (Å²) < 4.78 is 0. The number of aliphatic hydroxyl groups excluding tert-OH is 2. The van der Waals surface area contributed by atoms with Crippen molar-refractivity contribution >= 4 is 11.6 Å². The Morgan fingerprint density at radius 2 is 1.37 bits per heavy atom. The van der Waals surface area contributed by atoms with E-state index in [0.717, 1.165) is 16.7 Å². The summed E-state index contributed by atoms with van der Waals surface area (Å²) in [7, 11) is 0. The fourth-order valence-corrected chi connectivity index (χ4v) is 3.46. The number of hydrogen-bond acceptors (Lipinski definition) is 4. The molecule has 166 valence electrons. The molecule has 0 aliphatic heterocycles. The highest BCUT2D eigenvalue weighted by Gasteiger charge is 2.49. The van der Waals surface area contributed by atoms with E-state index in [2.05, 4.69) is 0 Å². The predicted octanol–water partition coefficient (Wildman–Crippen LogP) is 6.86. The van der Waals surface area contributed by atoms with Crippen LogP contribution >= 0.6 is 0 Å². The Hall–Kier alpha value is -2.36. The smallest absolute Gasteiger partial charge is 0.184 e. The normalized spacial score (nSPS) is 16.0. The van der Waals surface area contributed by atoms with Gasteiger partial charge >= 0.3 is 0 Å². The summed E-state index contributed by atoms with van der Waals surface area (Å²) in [4.78, 5) is 26.7. The highest BCUT2D eigenvalue weighted by molar-refractivity contribution is 6.24. The molecular formula is C26H38O4. The van der Waals surface area contributed by atoms with Crippen molar-refractivity contribution in [3.05, 3.63) is 57.6 Å². The first-order valence-electron chi connectivity index (χ1n) is 10.7. The highest BCUT2D eigenvalue weighted by Crippen LogP contribution is 2.47. The molecule has 30 heavy (non-hydrogen) atoms. The van der Waals surface area contributed by atoms with Crippen molar-refractivity contribution in [2.24, 2.45) is 11.3 Å². The second kappa shape index (κ2) is 10.6. The number of allylic oxidation sites excluding steroid dienone is 9. The average molecular weight is 415 g/mol. The maximum atomic E-state index is 13.7. The summed E-state index contributed by atoms with van der Waals surface area (Å²) in [6.07, 6.45) is 6.69. The first-order valence-corrected chi connectivity index (χ1v) is 10.7. The van der Waals surface area contributed by atoms with Crippen LogP contribution in [-0.4, -0.2) is 21.8 Å². The summed E-state index contributed by atoms with van der Waals surface area (Å²) in [6, 6.07) is 0. The molecule has 0 spiro atoms. The summed E-state index contributed by atoms with van der Waals surface area (Å²) in [5.74, 6) is -1.30. The number of rotatable bonds is 9. The molecule has 0 radical (unpaired) electrons. The lowest BCUT2D eigenvalue weighted by atomic mass is 9.66. The van der Waals surface area contributed by atoms with Gasteiger partial charge in [-0.25, -0.2) is 0 Å². The molecule has 0 amide bonds. The number of aliphatic hydroxyl groups is 2. The minimum absolute atomic E-state index is 0.0521. The first kappa shape index (κ1) is 25.7. The van der Waals surface area contributed by atoms with Crippen molar-refractivity contribution in [2.75, 3.05) is 0 Å². The van der Waals surface area contributed by atoms with Gasteiger partial charge in [0.1, 0.15) is 17.1 Å². The van der Waals surface area contributed by atoms with Crippen LogP contribution in [0.5, 0.6) is 0 Å². The SMILES string of the molecule is CC(C)=CCC1=C(O)C(CC=C(C)C)(CC=C(C)C)C(=O)C(C(=O)CC(C)C)=C1O. The number of ketones is 2. The van der Waals surface area contributed by atoms with Crippen molar-refractivity contribution in [3.8, 4) is 0 Å². The van der Waals surface area contributed by atoms with Crippen molar-refractivity contribution in [1.82, 2.24) is 0 Å². The van der Waals surface area contributed by atoms with E-state index in [1.807, 2.05) is 73.6 Å². The Labute approximate surface area is 181 Å². The lowest BCUT2D eigenvalue weighted by Crippen LogP contribution is -2.40. The minimum Gasteiger partial charge on any atom is -0.511 e. The van der Waals surface area contributed by atoms with E-state index in [-0.39, 0.29) is 60.0 Å². The van der Waals surface area contributed by atoms with E-state index in [9.17, 15) is 19.8 Å². The topological polar surface area (TPSA) is 74.6 Å². The van der Waals surface area contributed by atoms with E-state index in [4.69, 9.17) is 0 Å². The zero-order chi connectivity index (χ0) is 23.2. The van der Waals surface area contributed by atoms with Gasteiger partial charge in [-0.1, -0.05) is 48.8 Å². The maximum Gasteiger partial charge on any atom is 0.184 e. The molecule has 0 saturated carbocycles. The van der Waals surface area contributed by atoms with Gasteiger partial charge in [0.15, 0.2) is 11.6 Å². The maximum absolute atomic E-state index is 13.7. The average Bonchev–Trinajstić information content (AvgIpc) is 2.60. The zero-order valence-electron chi connectivity index (χ0n) is 19.8. The van der Waals surface area contributed by atoms with Crippen LogP contribution < -0.4 is 0 Å². The Bertz CT molecular complexity index is 812. The van der Waals surface area contributed by atoms with Crippen LogP contribution in [0.3, 0.4) is 0 Å². The van der Waals surface area contributed by atoms with Crippen LogP contribution in [0.25, 0.3) is 0 Å². The van der Waals surface area contributed by atoms with Gasteiger partial charge in [-0.3, -0.25) is 9.59 Å². The lowest BCUT2D eigenvalue weighted by molar-refractivity contribution is -0.128. The summed E-state index contributed by atoms with van der Waals surface area (Å²) in [5, 5.41) is 22.2. The summed E-state index contributed by atoms with van der Waals surface area (Å²) in [5.41, 5.74) is 1.89. The molecule has 0 fully saturated rings.